The minimum absolute atomic E-state index is 0.0104. The SMILES string of the molecule is CNC(=O)c1cccc(NC2C3CC4CC(C3)CC2C4)c1. The highest BCUT2D eigenvalue weighted by Gasteiger charge is 2.48. The van der Waals surface area contributed by atoms with Crippen molar-refractivity contribution in [2.24, 2.45) is 23.7 Å². The van der Waals surface area contributed by atoms with E-state index < -0.39 is 0 Å². The molecule has 112 valence electrons. The summed E-state index contributed by atoms with van der Waals surface area (Å²) in [6.45, 7) is 0. The van der Waals surface area contributed by atoms with Crippen molar-refractivity contribution in [2.45, 2.75) is 38.1 Å². The van der Waals surface area contributed by atoms with E-state index in [9.17, 15) is 4.79 Å². The lowest BCUT2D eigenvalue weighted by atomic mass is 9.54. The molecule has 4 fully saturated rings. The van der Waals surface area contributed by atoms with Gasteiger partial charge in [-0.15, -0.1) is 0 Å². The summed E-state index contributed by atoms with van der Waals surface area (Å²) >= 11 is 0. The van der Waals surface area contributed by atoms with Crippen LogP contribution in [-0.4, -0.2) is 19.0 Å². The third-order valence-corrected chi connectivity index (χ3v) is 5.91. The largest absolute Gasteiger partial charge is 0.382 e. The monoisotopic (exact) mass is 284 g/mol. The third-order valence-electron chi connectivity index (χ3n) is 5.91. The van der Waals surface area contributed by atoms with E-state index >= 15 is 0 Å². The van der Waals surface area contributed by atoms with Crippen LogP contribution >= 0.6 is 0 Å². The molecule has 21 heavy (non-hydrogen) atoms. The molecule has 0 spiro atoms. The first kappa shape index (κ1) is 13.2. The molecule has 3 heteroatoms. The smallest absolute Gasteiger partial charge is 0.251 e. The molecule has 0 saturated heterocycles. The quantitative estimate of drug-likeness (QED) is 0.894. The summed E-state index contributed by atoms with van der Waals surface area (Å²) in [4.78, 5) is 11.8. The van der Waals surface area contributed by atoms with Gasteiger partial charge in [0, 0.05) is 24.3 Å². The van der Waals surface area contributed by atoms with E-state index in [-0.39, 0.29) is 5.91 Å². The number of carbonyl (C=O) groups excluding carboxylic acids is 1. The zero-order chi connectivity index (χ0) is 14.4. The summed E-state index contributed by atoms with van der Waals surface area (Å²) in [6.07, 6.45) is 7.16. The molecule has 0 heterocycles. The van der Waals surface area contributed by atoms with Gasteiger partial charge in [0.05, 0.1) is 0 Å². The Labute approximate surface area is 126 Å². The third kappa shape index (κ3) is 2.33. The molecular formula is C18H24N2O. The lowest BCUT2D eigenvalue weighted by molar-refractivity contribution is 0.00754. The van der Waals surface area contributed by atoms with Gasteiger partial charge in [-0.25, -0.2) is 0 Å². The zero-order valence-corrected chi connectivity index (χ0v) is 12.6. The fourth-order valence-corrected chi connectivity index (χ4v) is 5.25. The molecule has 2 N–H and O–H groups in total. The second-order valence-corrected chi connectivity index (χ2v) is 7.26. The summed E-state index contributed by atoms with van der Waals surface area (Å²) < 4.78 is 0. The van der Waals surface area contributed by atoms with E-state index in [0.29, 0.717) is 6.04 Å². The molecule has 0 aliphatic heterocycles. The van der Waals surface area contributed by atoms with Crippen LogP contribution in [0.2, 0.25) is 0 Å². The second-order valence-electron chi connectivity index (χ2n) is 7.26. The van der Waals surface area contributed by atoms with Crippen LogP contribution in [0, 0.1) is 23.7 Å². The van der Waals surface area contributed by atoms with Crippen molar-refractivity contribution in [3.63, 3.8) is 0 Å². The average Bonchev–Trinajstić information content (AvgIpc) is 2.49. The van der Waals surface area contributed by atoms with E-state index in [1.807, 2.05) is 18.2 Å². The average molecular weight is 284 g/mol. The van der Waals surface area contributed by atoms with Gasteiger partial charge < -0.3 is 10.6 Å². The molecule has 5 rings (SSSR count). The molecule has 4 aliphatic rings. The number of carbonyl (C=O) groups is 1. The van der Waals surface area contributed by atoms with Crippen LogP contribution in [0.5, 0.6) is 0 Å². The van der Waals surface area contributed by atoms with Crippen molar-refractivity contribution in [1.29, 1.82) is 0 Å². The standard InChI is InChI=1S/C18H24N2O/c1-19-18(21)13-3-2-4-16(10-13)20-17-14-6-11-5-12(8-14)9-15(17)7-11/h2-4,10-12,14-15,17,20H,5-9H2,1H3,(H,19,21). The van der Waals surface area contributed by atoms with E-state index in [4.69, 9.17) is 0 Å². The summed E-state index contributed by atoms with van der Waals surface area (Å²) in [6, 6.07) is 8.56. The lowest BCUT2D eigenvalue weighted by Gasteiger charge is -2.54. The van der Waals surface area contributed by atoms with Crippen LogP contribution in [-0.2, 0) is 0 Å². The van der Waals surface area contributed by atoms with Gasteiger partial charge in [-0.05, 0) is 74.0 Å². The van der Waals surface area contributed by atoms with Gasteiger partial charge in [0.2, 0.25) is 0 Å². The number of rotatable bonds is 3. The molecule has 0 aromatic heterocycles. The molecule has 3 nitrogen and oxygen atoms in total. The molecule has 1 aromatic rings. The number of hydrogen-bond donors (Lipinski definition) is 2. The van der Waals surface area contributed by atoms with Gasteiger partial charge in [0.1, 0.15) is 0 Å². The van der Waals surface area contributed by atoms with Crippen molar-refractivity contribution in [3.05, 3.63) is 29.8 Å². The van der Waals surface area contributed by atoms with Crippen LogP contribution in [0.15, 0.2) is 24.3 Å². The zero-order valence-electron chi connectivity index (χ0n) is 12.6. The maximum atomic E-state index is 11.8. The van der Waals surface area contributed by atoms with Crippen LogP contribution in [0.25, 0.3) is 0 Å². The Morgan fingerprint density at radius 3 is 2.33 bits per heavy atom. The molecule has 1 amide bonds. The maximum Gasteiger partial charge on any atom is 0.251 e. The highest BCUT2D eigenvalue weighted by atomic mass is 16.1. The summed E-state index contributed by atoms with van der Waals surface area (Å²) in [5, 5.41) is 6.46. The summed E-state index contributed by atoms with van der Waals surface area (Å²) in [5.74, 6) is 3.70. The molecule has 4 saturated carbocycles. The molecule has 4 bridgehead atoms. The Balaban J connectivity index is 1.52. The van der Waals surface area contributed by atoms with E-state index in [1.54, 1.807) is 7.05 Å². The van der Waals surface area contributed by atoms with Crippen molar-refractivity contribution >= 4 is 11.6 Å². The Hall–Kier alpha value is -1.51. The van der Waals surface area contributed by atoms with Crippen molar-refractivity contribution in [3.8, 4) is 0 Å². The van der Waals surface area contributed by atoms with Crippen molar-refractivity contribution < 1.29 is 4.79 Å². The highest BCUT2D eigenvalue weighted by Crippen LogP contribution is 2.54. The number of anilines is 1. The van der Waals surface area contributed by atoms with E-state index in [0.717, 1.165) is 34.9 Å². The van der Waals surface area contributed by atoms with Crippen LogP contribution in [0.1, 0.15) is 42.5 Å². The van der Waals surface area contributed by atoms with Gasteiger partial charge in [0.15, 0.2) is 0 Å². The lowest BCUT2D eigenvalue weighted by Crippen LogP contribution is -2.51. The first-order valence-corrected chi connectivity index (χ1v) is 8.31. The predicted molar refractivity (Wildman–Crippen MR) is 84.3 cm³/mol. The molecule has 0 radical (unpaired) electrons. The minimum atomic E-state index is -0.0104. The second kappa shape index (κ2) is 5.04. The molecular weight excluding hydrogens is 260 g/mol. The van der Waals surface area contributed by atoms with Crippen molar-refractivity contribution in [2.75, 3.05) is 12.4 Å². The topological polar surface area (TPSA) is 41.1 Å². The van der Waals surface area contributed by atoms with Gasteiger partial charge >= 0.3 is 0 Å². The first-order valence-electron chi connectivity index (χ1n) is 8.31. The number of amides is 1. The van der Waals surface area contributed by atoms with E-state index in [2.05, 4.69) is 16.7 Å². The summed E-state index contributed by atoms with van der Waals surface area (Å²) in [5.41, 5.74) is 1.85. The number of benzene rings is 1. The molecule has 4 aliphatic carbocycles. The maximum absolute atomic E-state index is 11.8. The van der Waals surface area contributed by atoms with Gasteiger partial charge in [-0.1, -0.05) is 6.07 Å². The summed E-state index contributed by atoms with van der Waals surface area (Å²) in [7, 11) is 1.68. The van der Waals surface area contributed by atoms with Crippen LogP contribution < -0.4 is 10.6 Å². The van der Waals surface area contributed by atoms with Gasteiger partial charge in [-0.2, -0.15) is 0 Å². The molecule has 0 atom stereocenters. The minimum Gasteiger partial charge on any atom is -0.382 e. The van der Waals surface area contributed by atoms with Crippen LogP contribution in [0.3, 0.4) is 0 Å². The van der Waals surface area contributed by atoms with Gasteiger partial charge in [0.25, 0.3) is 5.91 Å². The Kier molecular flexibility index (Phi) is 3.16. The van der Waals surface area contributed by atoms with Gasteiger partial charge in [-0.3, -0.25) is 4.79 Å². The molecule has 0 unspecified atom stereocenters. The fraction of sp³-hybridized carbons (Fsp3) is 0.611. The first-order chi connectivity index (χ1) is 10.2. The Morgan fingerprint density at radius 1 is 1.05 bits per heavy atom. The van der Waals surface area contributed by atoms with Crippen molar-refractivity contribution in [1.82, 2.24) is 5.32 Å². The number of hydrogen-bond acceptors (Lipinski definition) is 2. The number of nitrogens with one attached hydrogen (secondary N) is 2. The predicted octanol–water partition coefficient (Wildman–Crippen LogP) is 3.28. The normalized spacial score (nSPS) is 36.5. The Morgan fingerprint density at radius 2 is 1.71 bits per heavy atom. The Bertz CT molecular complexity index is 526. The highest BCUT2D eigenvalue weighted by molar-refractivity contribution is 5.94. The van der Waals surface area contributed by atoms with Crippen LogP contribution in [0.4, 0.5) is 5.69 Å². The van der Waals surface area contributed by atoms with E-state index in [1.165, 1.54) is 32.1 Å². The fourth-order valence-electron chi connectivity index (χ4n) is 5.25. The molecule has 1 aromatic carbocycles.